The van der Waals surface area contributed by atoms with Crippen molar-refractivity contribution >= 4 is 5.97 Å². The Morgan fingerprint density at radius 1 is 1.25 bits per heavy atom. The maximum absolute atomic E-state index is 11.6. The molecule has 0 fully saturated rings. The van der Waals surface area contributed by atoms with Gasteiger partial charge in [-0.15, -0.1) is 0 Å². The maximum atomic E-state index is 11.6. The monoisotopic (exact) mass is 231 g/mol. The van der Waals surface area contributed by atoms with Crippen LogP contribution >= 0.6 is 0 Å². The summed E-state index contributed by atoms with van der Waals surface area (Å²) < 4.78 is 10.4. The topological polar surface area (TPSA) is 61.6 Å². The number of esters is 1. The smallest absolute Gasteiger partial charge is 0.326 e. The van der Waals surface area contributed by atoms with Gasteiger partial charge >= 0.3 is 5.97 Å². The standard InChI is InChI=1S/C12H25NO3/c1-5-12(13,6-2)11(14)16-8-7-15-9-10(3)4/h10H,5-9,13H2,1-4H3. The Bertz CT molecular complexity index is 200. The van der Waals surface area contributed by atoms with Crippen molar-refractivity contribution < 1.29 is 14.3 Å². The SMILES string of the molecule is CCC(N)(CC)C(=O)OCCOCC(C)C. The molecule has 0 saturated carbocycles. The molecule has 0 aliphatic rings. The minimum atomic E-state index is -0.835. The molecule has 0 saturated heterocycles. The molecule has 0 aliphatic carbocycles. The fourth-order valence-electron chi connectivity index (χ4n) is 1.19. The van der Waals surface area contributed by atoms with Crippen LogP contribution in [0.2, 0.25) is 0 Å². The molecule has 0 aromatic carbocycles. The molecule has 0 spiro atoms. The zero-order valence-electron chi connectivity index (χ0n) is 10.9. The van der Waals surface area contributed by atoms with E-state index >= 15 is 0 Å². The van der Waals surface area contributed by atoms with Gasteiger partial charge in [-0.25, -0.2) is 0 Å². The van der Waals surface area contributed by atoms with Crippen molar-refractivity contribution in [2.24, 2.45) is 11.7 Å². The summed E-state index contributed by atoms with van der Waals surface area (Å²) in [4.78, 5) is 11.6. The van der Waals surface area contributed by atoms with Crippen LogP contribution in [0.5, 0.6) is 0 Å². The number of nitrogens with two attached hydrogens (primary N) is 1. The Kier molecular flexibility index (Phi) is 7.34. The van der Waals surface area contributed by atoms with Gasteiger partial charge in [0, 0.05) is 6.61 Å². The molecule has 0 heterocycles. The van der Waals surface area contributed by atoms with E-state index in [1.807, 2.05) is 13.8 Å². The summed E-state index contributed by atoms with van der Waals surface area (Å²) in [6.45, 7) is 9.33. The zero-order chi connectivity index (χ0) is 12.6. The highest BCUT2D eigenvalue weighted by atomic mass is 16.6. The van der Waals surface area contributed by atoms with Crippen LogP contribution in [0.3, 0.4) is 0 Å². The number of hydrogen-bond acceptors (Lipinski definition) is 4. The number of ether oxygens (including phenoxy) is 2. The first-order valence-corrected chi connectivity index (χ1v) is 6.00. The van der Waals surface area contributed by atoms with Gasteiger partial charge in [0.2, 0.25) is 0 Å². The molecule has 0 unspecified atom stereocenters. The lowest BCUT2D eigenvalue weighted by Gasteiger charge is -2.23. The van der Waals surface area contributed by atoms with E-state index in [2.05, 4.69) is 13.8 Å². The molecule has 16 heavy (non-hydrogen) atoms. The fraction of sp³-hybridized carbons (Fsp3) is 0.917. The van der Waals surface area contributed by atoms with E-state index < -0.39 is 5.54 Å². The van der Waals surface area contributed by atoms with E-state index in [1.165, 1.54) is 0 Å². The van der Waals surface area contributed by atoms with E-state index in [9.17, 15) is 4.79 Å². The van der Waals surface area contributed by atoms with Crippen molar-refractivity contribution in [3.8, 4) is 0 Å². The van der Waals surface area contributed by atoms with Crippen LogP contribution in [0.15, 0.2) is 0 Å². The second kappa shape index (κ2) is 7.63. The Balaban J connectivity index is 3.73. The normalized spacial score (nSPS) is 11.9. The highest BCUT2D eigenvalue weighted by Gasteiger charge is 2.31. The third kappa shape index (κ3) is 5.47. The van der Waals surface area contributed by atoms with Gasteiger partial charge in [0.25, 0.3) is 0 Å². The van der Waals surface area contributed by atoms with Gasteiger partial charge in [-0.1, -0.05) is 27.7 Å². The average molecular weight is 231 g/mol. The Morgan fingerprint density at radius 3 is 2.25 bits per heavy atom. The van der Waals surface area contributed by atoms with Crippen molar-refractivity contribution in [2.75, 3.05) is 19.8 Å². The van der Waals surface area contributed by atoms with Crippen molar-refractivity contribution in [3.05, 3.63) is 0 Å². The molecule has 0 rings (SSSR count). The van der Waals surface area contributed by atoms with E-state index in [0.717, 1.165) is 0 Å². The third-order valence-electron chi connectivity index (χ3n) is 2.58. The highest BCUT2D eigenvalue weighted by molar-refractivity contribution is 5.80. The second-order valence-electron chi connectivity index (χ2n) is 4.47. The molecule has 0 atom stereocenters. The first-order chi connectivity index (χ1) is 7.46. The van der Waals surface area contributed by atoms with Gasteiger partial charge in [0.05, 0.1) is 6.61 Å². The molecule has 0 aromatic rings. The molecule has 4 nitrogen and oxygen atoms in total. The predicted octanol–water partition coefficient (Wildman–Crippen LogP) is 1.72. The molecular weight excluding hydrogens is 206 g/mol. The lowest BCUT2D eigenvalue weighted by Crippen LogP contribution is -2.48. The lowest BCUT2D eigenvalue weighted by molar-refractivity contribution is -0.152. The molecule has 4 heteroatoms. The molecule has 2 N–H and O–H groups in total. The quantitative estimate of drug-likeness (QED) is 0.510. The molecule has 0 bridgehead atoms. The van der Waals surface area contributed by atoms with E-state index in [0.29, 0.717) is 32.0 Å². The van der Waals surface area contributed by atoms with Gasteiger partial charge in [0.1, 0.15) is 12.1 Å². The second-order valence-corrected chi connectivity index (χ2v) is 4.47. The number of carbonyl (C=O) groups is 1. The van der Waals surface area contributed by atoms with Gasteiger partial charge in [-0.2, -0.15) is 0 Å². The summed E-state index contributed by atoms with van der Waals surface area (Å²) in [6, 6.07) is 0. The first-order valence-electron chi connectivity index (χ1n) is 6.00. The molecule has 0 amide bonds. The lowest BCUT2D eigenvalue weighted by atomic mass is 9.95. The number of rotatable bonds is 8. The summed E-state index contributed by atoms with van der Waals surface area (Å²) in [5.41, 5.74) is 5.05. The maximum Gasteiger partial charge on any atom is 0.326 e. The molecule has 0 aliphatic heterocycles. The molecule has 0 radical (unpaired) electrons. The van der Waals surface area contributed by atoms with Gasteiger partial charge in [-0.05, 0) is 18.8 Å². The van der Waals surface area contributed by atoms with Crippen molar-refractivity contribution in [1.29, 1.82) is 0 Å². The molecular formula is C12H25NO3. The van der Waals surface area contributed by atoms with Crippen LogP contribution < -0.4 is 5.73 Å². The van der Waals surface area contributed by atoms with Gasteiger partial charge in [-0.3, -0.25) is 4.79 Å². The minimum absolute atomic E-state index is 0.282. The molecule has 0 aromatic heterocycles. The third-order valence-corrected chi connectivity index (χ3v) is 2.58. The Labute approximate surface area is 98.5 Å². The zero-order valence-corrected chi connectivity index (χ0v) is 10.9. The number of hydrogen-bond donors (Lipinski definition) is 1. The van der Waals surface area contributed by atoms with Gasteiger partial charge in [0.15, 0.2) is 0 Å². The summed E-state index contributed by atoms with van der Waals surface area (Å²) in [5, 5.41) is 0. The summed E-state index contributed by atoms with van der Waals surface area (Å²) >= 11 is 0. The van der Waals surface area contributed by atoms with E-state index in [-0.39, 0.29) is 12.6 Å². The summed E-state index contributed by atoms with van der Waals surface area (Å²) in [5.74, 6) is 0.168. The molecule has 96 valence electrons. The van der Waals surface area contributed by atoms with Crippen LogP contribution in [-0.2, 0) is 14.3 Å². The fourth-order valence-corrected chi connectivity index (χ4v) is 1.19. The van der Waals surface area contributed by atoms with Gasteiger partial charge < -0.3 is 15.2 Å². The predicted molar refractivity (Wildman–Crippen MR) is 64.1 cm³/mol. The van der Waals surface area contributed by atoms with Crippen LogP contribution in [0, 0.1) is 5.92 Å². The Hall–Kier alpha value is -0.610. The van der Waals surface area contributed by atoms with Crippen molar-refractivity contribution in [1.82, 2.24) is 0 Å². The summed E-state index contributed by atoms with van der Waals surface area (Å²) in [6.07, 6.45) is 1.18. The van der Waals surface area contributed by atoms with Crippen molar-refractivity contribution in [2.45, 2.75) is 46.1 Å². The highest BCUT2D eigenvalue weighted by Crippen LogP contribution is 2.13. The van der Waals surface area contributed by atoms with Crippen LogP contribution in [-0.4, -0.2) is 31.3 Å². The van der Waals surface area contributed by atoms with Crippen molar-refractivity contribution in [3.63, 3.8) is 0 Å². The first kappa shape index (κ1) is 15.4. The van der Waals surface area contributed by atoms with Crippen LogP contribution in [0.1, 0.15) is 40.5 Å². The largest absolute Gasteiger partial charge is 0.462 e. The van der Waals surface area contributed by atoms with E-state index in [4.69, 9.17) is 15.2 Å². The minimum Gasteiger partial charge on any atom is -0.462 e. The van der Waals surface area contributed by atoms with Crippen LogP contribution in [0.25, 0.3) is 0 Å². The Morgan fingerprint density at radius 2 is 1.81 bits per heavy atom. The average Bonchev–Trinajstić information content (AvgIpc) is 2.26. The summed E-state index contributed by atoms with van der Waals surface area (Å²) in [7, 11) is 0. The van der Waals surface area contributed by atoms with E-state index in [1.54, 1.807) is 0 Å². The number of carbonyl (C=O) groups excluding carboxylic acids is 1. The van der Waals surface area contributed by atoms with Crippen LogP contribution in [0.4, 0.5) is 0 Å².